The van der Waals surface area contributed by atoms with Gasteiger partial charge in [0.05, 0.1) is 6.26 Å². The molecule has 9 nitrogen and oxygen atoms in total. The maximum absolute atomic E-state index is 12.5. The van der Waals surface area contributed by atoms with Gasteiger partial charge in [0.1, 0.15) is 0 Å². The molecule has 0 bridgehead atoms. The Bertz CT molecular complexity index is 798. The monoisotopic (exact) mass is 381 g/mol. The molecule has 0 aliphatic carbocycles. The first-order valence-corrected chi connectivity index (χ1v) is 10.4. The first kappa shape index (κ1) is 18.5. The van der Waals surface area contributed by atoms with Crippen molar-refractivity contribution in [2.45, 2.75) is 18.9 Å². The van der Waals surface area contributed by atoms with Crippen LogP contribution in [-0.2, 0) is 10.0 Å². The van der Waals surface area contributed by atoms with Gasteiger partial charge in [-0.15, -0.1) is 0 Å². The molecular weight excluding hydrogens is 358 g/mol. The molecule has 3 N–H and O–H groups in total. The van der Waals surface area contributed by atoms with Crippen LogP contribution in [0.4, 0.5) is 21.0 Å². The van der Waals surface area contributed by atoms with Gasteiger partial charge in [-0.25, -0.2) is 22.7 Å². The topological polar surface area (TPSA) is 111 Å². The summed E-state index contributed by atoms with van der Waals surface area (Å²) in [5, 5.41) is 5.56. The largest absolute Gasteiger partial charge is 0.336 e. The Morgan fingerprint density at radius 2 is 2.12 bits per heavy atom. The second-order valence-electron chi connectivity index (χ2n) is 6.54. The molecule has 26 heavy (non-hydrogen) atoms. The van der Waals surface area contributed by atoms with Crippen molar-refractivity contribution in [2.75, 3.05) is 42.7 Å². The number of benzene rings is 1. The molecule has 0 spiro atoms. The fourth-order valence-electron chi connectivity index (χ4n) is 3.23. The number of hydrogen-bond donors (Lipinski definition) is 3. The van der Waals surface area contributed by atoms with E-state index >= 15 is 0 Å². The van der Waals surface area contributed by atoms with E-state index in [1.807, 2.05) is 6.07 Å². The maximum Gasteiger partial charge on any atom is 0.321 e. The first-order chi connectivity index (χ1) is 12.3. The van der Waals surface area contributed by atoms with Gasteiger partial charge in [-0.2, -0.15) is 0 Å². The van der Waals surface area contributed by atoms with Gasteiger partial charge in [0.15, 0.2) is 0 Å². The summed E-state index contributed by atoms with van der Waals surface area (Å²) in [6.45, 7) is 2.08. The van der Waals surface area contributed by atoms with Crippen LogP contribution in [-0.4, -0.2) is 63.9 Å². The van der Waals surface area contributed by atoms with Gasteiger partial charge in [0.2, 0.25) is 10.0 Å². The number of urea groups is 2. The molecule has 10 heteroatoms. The molecule has 1 atom stereocenters. The highest BCUT2D eigenvalue weighted by molar-refractivity contribution is 7.88. The lowest BCUT2D eigenvalue weighted by molar-refractivity contribution is 0.190. The third-order valence-corrected chi connectivity index (χ3v) is 5.12. The van der Waals surface area contributed by atoms with Gasteiger partial charge in [0, 0.05) is 43.6 Å². The van der Waals surface area contributed by atoms with Crippen LogP contribution in [0.1, 0.15) is 12.8 Å². The highest BCUT2D eigenvalue weighted by Crippen LogP contribution is 2.22. The van der Waals surface area contributed by atoms with Crippen molar-refractivity contribution < 1.29 is 18.0 Å². The molecule has 4 amide bonds. The molecule has 2 fully saturated rings. The lowest BCUT2D eigenvalue weighted by Crippen LogP contribution is -2.50. The van der Waals surface area contributed by atoms with Gasteiger partial charge in [-0.05, 0) is 31.0 Å². The summed E-state index contributed by atoms with van der Waals surface area (Å²) in [6.07, 6.45) is 2.55. The van der Waals surface area contributed by atoms with E-state index in [4.69, 9.17) is 0 Å². The van der Waals surface area contributed by atoms with Gasteiger partial charge >= 0.3 is 12.1 Å². The number of piperidine rings is 1. The molecule has 0 saturated carbocycles. The van der Waals surface area contributed by atoms with E-state index in [-0.39, 0.29) is 18.1 Å². The van der Waals surface area contributed by atoms with Crippen molar-refractivity contribution >= 4 is 33.5 Å². The third kappa shape index (κ3) is 4.64. The summed E-state index contributed by atoms with van der Waals surface area (Å²) >= 11 is 0. The van der Waals surface area contributed by atoms with Crippen LogP contribution < -0.4 is 20.3 Å². The van der Waals surface area contributed by atoms with Gasteiger partial charge in [0.25, 0.3) is 0 Å². The summed E-state index contributed by atoms with van der Waals surface area (Å²) in [5.74, 6) is 0. The maximum atomic E-state index is 12.5. The molecule has 1 aromatic carbocycles. The lowest BCUT2D eigenvalue weighted by Gasteiger charge is -2.32. The average molecular weight is 381 g/mol. The molecule has 0 aromatic heterocycles. The number of nitrogens with zero attached hydrogens (tertiary/aromatic N) is 2. The van der Waals surface area contributed by atoms with Crippen LogP contribution in [0.5, 0.6) is 0 Å². The Morgan fingerprint density at radius 1 is 1.31 bits per heavy atom. The molecule has 2 aliphatic heterocycles. The van der Waals surface area contributed by atoms with Gasteiger partial charge < -0.3 is 15.5 Å². The Balaban J connectivity index is 1.63. The van der Waals surface area contributed by atoms with Crippen LogP contribution in [0, 0.1) is 0 Å². The Morgan fingerprint density at radius 3 is 2.81 bits per heavy atom. The highest BCUT2D eigenvalue weighted by atomic mass is 32.2. The lowest BCUT2D eigenvalue weighted by atomic mass is 10.1. The molecule has 0 unspecified atom stereocenters. The SMILES string of the molecule is CS(=O)(=O)N[C@@H]1CCCN(C(=O)Nc2cccc(N3CCNC3=O)c2)C1. The number of anilines is 2. The quantitative estimate of drug-likeness (QED) is 0.715. The number of hydrogen-bond acceptors (Lipinski definition) is 4. The van der Waals surface area contributed by atoms with Crippen molar-refractivity contribution in [3.05, 3.63) is 24.3 Å². The third-order valence-electron chi connectivity index (χ3n) is 4.36. The van der Waals surface area contributed by atoms with Crippen LogP contribution in [0.25, 0.3) is 0 Å². The molecule has 142 valence electrons. The number of likely N-dealkylation sites (tertiary alicyclic amines) is 1. The Labute approximate surface area is 152 Å². The summed E-state index contributed by atoms with van der Waals surface area (Å²) in [5.41, 5.74) is 1.30. The fourth-order valence-corrected chi connectivity index (χ4v) is 4.03. The van der Waals surface area contributed by atoms with Crippen molar-refractivity contribution in [3.8, 4) is 0 Å². The van der Waals surface area contributed by atoms with Crippen molar-refractivity contribution in [1.82, 2.24) is 14.9 Å². The number of nitrogens with one attached hydrogen (secondary N) is 3. The second-order valence-corrected chi connectivity index (χ2v) is 8.32. The first-order valence-electron chi connectivity index (χ1n) is 8.50. The Kier molecular flexibility index (Phi) is 5.33. The zero-order chi connectivity index (χ0) is 18.7. The minimum absolute atomic E-state index is 0.154. The summed E-state index contributed by atoms with van der Waals surface area (Å²) in [6, 6.07) is 6.38. The average Bonchev–Trinajstić information content (AvgIpc) is 3.00. The molecule has 2 aliphatic rings. The van der Waals surface area contributed by atoms with E-state index in [1.165, 1.54) is 0 Å². The fraction of sp³-hybridized carbons (Fsp3) is 0.500. The summed E-state index contributed by atoms with van der Waals surface area (Å²) < 4.78 is 25.3. The van der Waals surface area contributed by atoms with E-state index in [2.05, 4.69) is 15.4 Å². The number of sulfonamides is 1. The number of rotatable bonds is 4. The zero-order valence-electron chi connectivity index (χ0n) is 14.6. The standard InChI is InChI=1S/C16H23N5O4S/c1-26(24,25)19-13-5-3-8-20(11-13)16(23)18-12-4-2-6-14(10-12)21-9-7-17-15(21)22/h2,4,6,10,13,19H,3,5,7-9,11H2,1H3,(H,17,22)(H,18,23)/t13-/m1/s1. The number of carbonyl (C=O) groups excluding carboxylic acids is 2. The molecule has 2 saturated heterocycles. The van der Waals surface area contributed by atoms with E-state index in [9.17, 15) is 18.0 Å². The summed E-state index contributed by atoms with van der Waals surface area (Å²) in [7, 11) is -3.30. The molecule has 0 radical (unpaired) electrons. The van der Waals surface area contributed by atoms with E-state index in [0.717, 1.165) is 12.7 Å². The predicted molar refractivity (Wildman–Crippen MR) is 98.8 cm³/mol. The molecule has 2 heterocycles. The molecule has 1 aromatic rings. The smallest absolute Gasteiger partial charge is 0.321 e. The predicted octanol–water partition coefficient (Wildman–Crippen LogP) is 0.762. The number of amides is 4. The number of carbonyl (C=O) groups is 2. The Hall–Kier alpha value is -2.33. The molecular formula is C16H23N5O4S. The van der Waals surface area contributed by atoms with Gasteiger partial charge in [-0.3, -0.25) is 4.90 Å². The summed E-state index contributed by atoms with van der Waals surface area (Å²) in [4.78, 5) is 27.5. The van der Waals surface area contributed by atoms with E-state index < -0.39 is 10.0 Å². The minimum Gasteiger partial charge on any atom is -0.336 e. The van der Waals surface area contributed by atoms with Crippen molar-refractivity contribution in [2.24, 2.45) is 0 Å². The van der Waals surface area contributed by atoms with Crippen LogP contribution >= 0.6 is 0 Å². The molecule has 3 rings (SSSR count). The van der Waals surface area contributed by atoms with Crippen LogP contribution in [0.3, 0.4) is 0 Å². The van der Waals surface area contributed by atoms with Crippen LogP contribution in [0.2, 0.25) is 0 Å². The van der Waals surface area contributed by atoms with E-state index in [0.29, 0.717) is 44.0 Å². The van der Waals surface area contributed by atoms with Crippen molar-refractivity contribution in [3.63, 3.8) is 0 Å². The van der Waals surface area contributed by atoms with Crippen molar-refractivity contribution in [1.29, 1.82) is 0 Å². The van der Waals surface area contributed by atoms with E-state index in [1.54, 1.807) is 28.0 Å². The normalized spacial score (nSPS) is 20.8. The second kappa shape index (κ2) is 7.50. The van der Waals surface area contributed by atoms with Gasteiger partial charge in [-0.1, -0.05) is 6.07 Å². The minimum atomic E-state index is -3.30. The zero-order valence-corrected chi connectivity index (χ0v) is 15.4. The highest BCUT2D eigenvalue weighted by Gasteiger charge is 2.26. The van der Waals surface area contributed by atoms with Crippen LogP contribution in [0.15, 0.2) is 24.3 Å².